The van der Waals surface area contributed by atoms with E-state index >= 15 is 0 Å². The molecule has 0 saturated heterocycles. The van der Waals surface area contributed by atoms with Crippen molar-refractivity contribution in [1.29, 1.82) is 0 Å². The maximum Gasteiger partial charge on any atom is 0.384 e. The van der Waals surface area contributed by atoms with Crippen LogP contribution in [-0.4, -0.2) is 35.1 Å². The molecular formula is C9H23N2O2Si. The molecule has 85 valence electrons. The number of hydrogen-bond acceptors (Lipinski definition) is 4. The summed E-state index contributed by atoms with van der Waals surface area (Å²) in [4.78, 5) is 0. The molecule has 4 N–H and O–H groups in total. The Morgan fingerprint density at radius 3 is 2.00 bits per heavy atom. The lowest BCUT2D eigenvalue weighted by Crippen LogP contribution is -2.37. The van der Waals surface area contributed by atoms with E-state index in [1.54, 1.807) is 0 Å². The number of hydrogen-bond donors (Lipinski definition) is 2. The monoisotopic (exact) mass is 219 g/mol. The third-order valence-electron chi connectivity index (χ3n) is 2.09. The summed E-state index contributed by atoms with van der Waals surface area (Å²) in [5.74, 6) is 0.307. The topological polar surface area (TPSA) is 70.5 Å². The van der Waals surface area contributed by atoms with Gasteiger partial charge in [-0.05, 0) is 39.3 Å². The Morgan fingerprint density at radius 1 is 1.21 bits per heavy atom. The van der Waals surface area contributed by atoms with Crippen LogP contribution in [0.25, 0.3) is 0 Å². The van der Waals surface area contributed by atoms with Crippen LogP contribution in [0, 0.1) is 5.92 Å². The fourth-order valence-corrected chi connectivity index (χ4v) is 3.11. The minimum atomic E-state index is -1.16. The molecule has 0 aromatic rings. The second-order valence-electron chi connectivity index (χ2n) is 3.30. The van der Waals surface area contributed by atoms with Crippen LogP contribution >= 0.6 is 0 Å². The largest absolute Gasteiger partial charge is 0.394 e. The summed E-state index contributed by atoms with van der Waals surface area (Å²) in [7, 11) is -1.16. The van der Waals surface area contributed by atoms with Crippen molar-refractivity contribution < 1.29 is 8.85 Å². The van der Waals surface area contributed by atoms with Gasteiger partial charge in [0.15, 0.2) is 0 Å². The van der Waals surface area contributed by atoms with Crippen molar-refractivity contribution in [2.45, 2.75) is 32.9 Å². The molecule has 0 spiro atoms. The highest BCUT2D eigenvalue weighted by Crippen LogP contribution is 2.11. The highest BCUT2D eigenvalue weighted by atomic mass is 28.3. The van der Waals surface area contributed by atoms with E-state index in [0.29, 0.717) is 25.7 Å². The molecule has 0 rings (SSSR count). The lowest BCUT2D eigenvalue weighted by atomic mass is 10.1. The zero-order valence-corrected chi connectivity index (χ0v) is 10.5. The summed E-state index contributed by atoms with van der Waals surface area (Å²) in [6, 6.07) is 0.987. The highest BCUT2D eigenvalue weighted by Gasteiger charge is 2.22. The Labute approximate surface area is 88.8 Å². The van der Waals surface area contributed by atoms with Gasteiger partial charge in [-0.3, -0.25) is 0 Å². The molecule has 0 aromatic heterocycles. The van der Waals surface area contributed by atoms with Crippen molar-refractivity contribution in [2.75, 3.05) is 19.8 Å². The lowest BCUT2D eigenvalue weighted by molar-refractivity contribution is 0.206. The maximum atomic E-state index is 5.81. The molecular weight excluding hydrogens is 196 g/mol. The first-order chi connectivity index (χ1) is 6.65. The molecule has 0 aromatic carbocycles. The Hall–Kier alpha value is 0.0569. The van der Waals surface area contributed by atoms with Crippen molar-refractivity contribution in [2.24, 2.45) is 17.4 Å². The Kier molecular flexibility index (Phi) is 8.41. The molecule has 0 fully saturated rings. The smallest absolute Gasteiger partial charge is 0.384 e. The highest BCUT2D eigenvalue weighted by molar-refractivity contribution is 6.44. The van der Waals surface area contributed by atoms with Gasteiger partial charge in [-0.1, -0.05) is 0 Å². The van der Waals surface area contributed by atoms with Gasteiger partial charge in [-0.2, -0.15) is 0 Å². The van der Waals surface area contributed by atoms with E-state index in [9.17, 15) is 0 Å². The molecule has 0 amide bonds. The SMILES string of the molecule is CCO[Si](CC(CN)C(C)N)OCC. The second-order valence-corrected chi connectivity index (χ2v) is 5.03. The normalized spacial score (nSPS) is 15.9. The average molecular weight is 219 g/mol. The van der Waals surface area contributed by atoms with Gasteiger partial charge in [0, 0.05) is 19.3 Å². The molecule has 0 heterocycles. The van der Waals surface area contributed by atoms with Crippen LogP contribution in [0.3, 0.4) is 0 Å². The van der Waals surface area contributed by atoms with Crippen molar-refractivity contribution in [3.63, 3.8) is 0 Å². The van der Waals surface area contributed by atoms with Gasteiger partial charge in [0.1, 0.15) is 0 Å². The maximum absolute atomic E-state index is 5.81. The third-order valence-corrected chi connectivity index (χ3v) is 4.16. The van der Waals surface area contributed by atoms with Crippen molar-refractivity contribution >= 4 is 9.28 Å². The van der Waals surface area contributed by atoms with Crippen molar-refractivity contribution in [3.05, 3.63) is 0 Å². The summed E-state index contributed by atoms with van der Waals surface area (Å²) in [6.07, 6.45) is 0. The fourth-order valence-electron chi connectivity index (χ4n) is 1.18. The van der Waals surface area contributed by atoms with Crippen molar-refractivity contribution in [3.8, 4) is 0 Å². The summed E-state index contributed by atoms with van der Waals surface area (Å²) < 4.78 is 11.1. The van der Waals surface area contributed by atoms with Crippen LogP contribution in [0.5, 0.6) is 0 Å². The molecule has 2 unspecified atom stereocenters. The quantitative estimate of drug-likeness (QED) is 0.582. The molecule has 0 aliphatic heterocycles. The molecule has 0 aliphatic carbocycles. The predicted octanol–water partition coefficient (Wildman–Crippen LogP) is 0.470. The first kappa shape index (κ1) is 14.1. The van der Waals surface area contributed by atoms with Gasteiger partial charge in [0.25, 0.3) is 0 Å². The fraction of sp³-hybridized carbons (Fsp3) is 1.00. The second kappa shape index (κ2) is 8.37. The first-order valence-electron chi connectivity index (χ1n) is 5.22. The van der Waals surface area contributed by atoms with Gasteiger partial charge in [0.05, 0.1) is 0 Å². The van der Waals surface area contributed by atoms with Gasteiger partial charge in [0.2, 0.25) is 0 Å². The number of rotatable bonds is 8. The van der Waals surface area contributed by atoms with E-state index in [0.717, 1.165) is 6.04 Å². The van der Waals surface area contributed by atoms with E-state index in [1.165, 1.54) is 0 Å². The van der Waals surface area contributed by atoms with E-state index in [2.05, 4.69) is 0 Å². The molecule has 2 atom stereocenters. The van der Waals surface area contributed by atoms with Crippen molar-refractivity contribution in [1.82, 2.24) is 0 Å². The number of nitrogens with two attached hydrogens (primary N) is 2. The Bertz CT molecular complexity index is 130. The summed E-state index contributed by atoms with van der Waals surface area (Å²) in [5, 5.41) is 0. The minimum absolute atomic E-state index is 0.112. The van der Waals surface area contributed by atoms with E-state index in [4.69, 9.17) is 20.3 Å². The van der Waals surface area contributed by atoms with Crippen LogP contribution in [0.1, 0.15) is 20.8 Å². The van der Waals surface area contributed by atoms with E-state index in [-0.39, 0.29) is 6.04 Å². The van der Waals surface area contributed by atoms with Gasteiger partial charge in [-0.25, -0.2) is 0 Å². The molecule has 5 heteroatoms. The molecule has 0 bridgehead atoms. The van der Waals surface area contributed by atoms with Crippen LogP contribution in [0.15, 0.2) is 0 Å². The zero-order chi connectivity index (χ0) is 11.0. The minimum Gasteiger partial charge on any atom is -0.394 e. The molecule has 1 radical (unpaired) electrons. The summed E-state index contributed by atoms with van der Waals surface area (Å²) >= 11 is 0. The van der Waals surface area contributed by atoms with Gasteiger partial charge in [-0.15, -0.1) is 0 Å². The van der Waals surface area contributed by atoms with Gasteiger partial charge >= 0.3 is 9.28 Å². The summed E-state index contributed by atoms with van der Waals surface area (Å²) in [5.41, 5.74) is 11.5. The van der Waals surface area contributed by atoms with Crippen LogP contribution in [-0.2, 0) is 8.85 Å². The Balaban J connectivity index is 3.96. The van der Waals surface area contributed by atoms with Crippen LogP contribution in [0.4, 0.5) is 0 Å². The Morgan fingerprint density at radius 2 is 1.71 bits per heavy atom. The lowest BCUT2D eigenvalue weighted by Gasteiger charge is -2.22. The van der Waals surface area contributed by atoms with E-state index in [1.807, 2.05) is 20.8 Å². The molecule has 14 heavy (non-hydrogen) atoms. The molecule has 0 aliphatic rings. The standard InChI is InChI=1S/C9H23N2O2Si/c1-4-12-14(13-5-2)7-9(6-10)8(3)11/h8-9H,4-7,10-11H2,1-3H3. The van der Waals surface area contributed by atoms with Crippen LogP contribution in [0.2, 0.25) is 6.04 Å². The molecule has 0 saturated carbocycles. The third kappa shape index (κ3) is 5.72. The average Bonchev–Trinajstić information content (AvgIpc) is 2.14. The predicted molar refractivity (Wildman–Crippen MR) is 60.0 cm³/mol. The molecule has 4 nitrogen and oxygen atoms in total. The van der Waals surface area contributed by atoms with E-state index < -0.39 is 9.28 Å². The first-order valence-corrected chi connectivity index (χ1v) is 6.75. The van der Waals surface area contributed by atoms with Gasteiger partial charge < -0.3 is 20.3 Å². The summed E-state index contributed by atoms with van der Waals surface area (Å²) in [6.45, 7) is 7.94. The van der Waals surface area contributed by atoms with Crippen LogP contribution < -0.4 is 11.5 Å². The zero-order valence-electron chi connectivity index (χ0n) is 9.45.